The van der Waals surface area contributed by atoms with Crippen molar-refractivity contribution < 1.29 is 4.74 Å². The molecule has 1 saturated carbocycles. The molecule has 0 amide bonds. The highest BCUT2D eigenvalue weighted by atomic mass is 32.1. The van der Waals surface area contributed by atoms with Crippen LogP contribution >= 0.6 is 22.7 Å². The van der Waals surface area contributed by atoms with Crippen LogP contribution in [0.2, 0.25) is 0 Å². The molecule has 0 unspecified atom stereocenters. The van der Waals surface area contributed by atoms with Crippen molar-refractivity contribution >= 4 is 38.7 Å². The number of hydrogen-bond donors (Lipinski definition) is 1. The Morgan fingerprint density at radius 3 is 2.95 bits per heavy atom. The number of anilines is 1. The molecule has 0 saturated heterocycles. The maximum absolute atomic E-state index is 6.16. The first-order valence-corrected chi connectivity index (χ1v) is 8.72. The van der Waals surface area contributed by atoms with Gasteiger partial charge in [-0.15, -0.1) is 22.7 Å². The van der Waals surface area contributed by atoms with Crippen LogP contribution in [0.15, 0.2) is 22.9 Å². The van der Waals surface area contributed by atoms with Crippen LogP contribution in [0.4, 0.5) is 5.82 Å². The fourth-order valence-corrected chi connectivity index (χ4v) is 4.08. The number of ether oxygens (including phenoxy) is 1. The van der Waals surface area contributed by atoms with Crippen molar-refractivity contribution in [1.29, 1.82) is 0 Å². The van der Waals surface area contributed by atoms with Gasteiger partial charge in [0, 0.05) is 22.4 Å². The number of hydrogen-bond acceptors (Lipinski definition) is 6. The summed E-state index contributed by atoms with van der Waals surface area (Å²) in [5, 5.41) is 5.14. The van der Waals surface area contributed by atoms with Gasteiger partial charge in [0.15, 0.2) is 5.82 Å². The zero-order chi connectivity index (χ0) is 14.2. The van der Waals surface area contributed by atoms with E-state index in [9.17, 15) is 0 Å². The number of nitrogens with zero attached hydrogens (tertiary/aromatic N) is 2. The number of thiophene rings is 2. The van der Waals surface area contributed by atoms with Crippen molar-refractivity contribution in [1.82, 2.24) is 9.97 Å². The van der Waals surface area contributed by atoms with E-state index in [1.807, 2.05) is 6.07 Å². The van der Waals surface area contributed by atoms with Crippen molar-refractivity contribution in [3.05, 3.63) is 28.7 Å². The first-order chi connectivity index (χ1) is 10.3. The van der Waals surface area contributed by atoms with Crippen LogP contribution in [0.3, 0.4) is 0 Å². The number of fused-ring (bicyclic) bond motifs is 1. The molecule has 0 spiro atoms. The lowest BCUT2D eigenvalue weighted by Crippen LogP contribution is -2.04. The summed E-state index contributed by atoms with van der Waals surface area (Å²) < 4.78 is 5.65. The topological polar surface area (TPSA) is 61.0 Å². The largest absolute Gasteiger partial charge is 0.383 e. The van der Waals surface area contributed by atoms with Crippen LogP contribution in [0, 0.1) is 5.92 Å². The van der Waals surface area contributed by atoms with Crippen LogP contribution < -0.4 is 5.73 Å². The Morgan fingerprint density at radius 1 is 1.29 bits per heavy atom. The highest BCUT2D eigenvalue weighted by Crippen LogP contribution is 2.38. The third kappa shape index (κ3) is 2.66. The molecule has 0 aromatic carbocycles. The lowest BCUT2D eigenvalue weighted by atomic mass is 10.2. The molecular weight excluding hydrogens is 302 g/mol. The predicted octanol–water partition coefficient (Wildman–Crippen LogP) is 3.93. The van der Waals surface area contributed by atoms with Crippen LogP contribution in [0.5, 0.6) is 0 Å². The molecule has 3 aromatic rings. The minimum atomic E-state index is 0.447. The Bertz CT molecular complexity index is 763. The summed E-state index contributed by atoms with van der Waals surface area (Å²) in [6.45, 7) is 1.26. The van der Waals surface area contributed by atoms with Crippen molar-refractivity contribution in [3.8, 4) is 10.4 Å². The fourth-order valence-electron chi connectivity index (χ4n) is 2.29. The van der Waals surface area contributed by atoms with Gasteiger partial charge in [0.1, 0.15) is 17.3 Å². The molecule has 4 rings (SSSR count). The van der Waals surface area contributed by atoms with E-state index in [4.69, 9.17) is 10.5 Å². The van der Waals surface area contributed by atoms with E-state index in [1.165, 1.54) is 17.7 Å². The zero-order valence-corrected chi connectivity index (χ0v) is 13.0. The third-order valence-electron chi connectivity index (χ3n) is 3.58. The molecule has 2 N–H and O–H groups in total. The molecule has 1 aliphatic carbocycles. The first kappa shape index (κ1) is 13.2. The summed E-state index contributed by atoms with van der Waals surface area (Å²) in [5.41, 5.74) is 7.29. The van der Waals surface area contributed by atoms with E-state index >= 15 is 0 Å². The lowest BCUT2D eigenvalue weighted by Gasteiger charge is -2.05. The van der Waals surface area contributed by atoms with Gasteiger partial charge in [-0.2, -0.15) is 0 Å². The molecule has 21 heavy (non-hydrogen) atoms. The maximum atomic E-state index is 6.16. The van der Waals surface area contributed by atoms with E-state index in [2.05, 4.69) is 26.8 Å². The number of aromatic nitrogens is 2. The monoisotopic (exact) mass is 317 g/mol. The first-order valence-electron chi connectivity index (χ1n) is 6.96. The van der Waals surface area contributed by atoms with Gasteiger partial charge in [-0.1, -0.05) is 6.07 Å². The zero-order valence-electron chi connectivity index (χ0n) is 11.4. The Labute approximate surface area is 130 Å². The molecule has 6 heteroatoms. The smallest absolute Gasteiger partial charge is 0.158 e. The molecule has 0 bridgehead atoms. The van der Waals surface area contributed by atoms with Gasteiger partial charge in [0.2, 0.25) is 0 Å². The molecule has 0 radical (unpaired) electrons. The van der Waals surface area contributed by atoms with Gasteiger partial charge in [-0.3, -0.25) is 0 Å². The summed E-state index contributed by atoms with van der Waals surface area (Å²) in [7, 11) is 0. The summed E-state index contributed by atoms with van der Waals surface area (Å²) in [6.07, 6.45) is 2.58. The number of rotatable bonds is 5. The molecule has 3 heterocycles. The van der Waals surface area contributed by atoms with Gasteiger partial charge in [-0.25, -0.2) is 9.97 Å². The summed E-state index contributed by atoms with van der Waals surface area (Å²) >= 11 is 3.32. The second-order valence-electron chi connectivity index (χ2n) is 5.29. The molecule has 3 aromatic heterocycles. The molecule has 108 valence electrons. The minimum Gasteiger partial charge on any atom is -0.383 e. The quantitative estimate of drug-likeness (QED) is 0.774. The summed E-state index contributed by atoms with van der Waals surface area (Å²) in [6, 6.07) is 4.14. The van der Waals surface area contributed by atoms with Crippen LogP contribution in [-0.2, 0) is 11.3 Å². The van der Waals surface area contributed by atoms with Crippen LogP contribution in [-0.4, -0.2) is 16.6 Å². The van der Waals surface area contributed by atoms with Crippen molar-refractivity contribution in [2.24, 2.45) is 5.92 Å². The maximum Gasteiger partial charge on any atom is 0.158 e. The Morgan fingerprint density at radius 2 is 2.19 bits per heavy atom. The van der Waals surface area contributed by atoms with Crippen molar-refractivity contribution in [2.75, 3.05) is 12.3 Å². The van der Waals surface area contributed by atoms with Gasteiger partial charge in [-0.05, 0) is 30.2 Å². The lowest BCUT2D eigenvalue weighted by molar-refractivity contribution is 0.106. The second kappa shape index (κ2) is 5.36. The normalized spacial score (nSPS) is 14.9. The molecule has 1 fully saturated rings. The second-order valence-corrected chi connectivity index (χ2v) is 7.10. The Kier molecular flexibility index (Phi) is 3.37. The van der Waals surface area contributed by atoms with Crippen molar-refractivity contribution in [3.63, 3.8) is 0 Å². The van der Waals surface area contributed by atoms with Crippen LogP contribution in [0.1, 0.15) is 18.7 Å². The Hall–Kier alpha value is -1.50. The highest BCUT2D eigenvalue weighted by molar-refractivity contribution is 7.18. The predicted molar refractivity (Wildman–Crippen MR) is 87.5 cm³/mol. The van der Waals surface area contributed by atoms with E-state index in [0.717, 1.165) is 28.3 Å². The molecule has 4 nitrogen and oxygen atoms in total. The van der Waals surface area contributed by atoms with E-state index in [-0.39, 0.29) is 0 Å². The van der Waals surface area contributed by atoms with Gasteiger partial charge < -0.3 is 10.5 Å². The van der Waals surface area contributed by atoms with Crippen LogP contribution in [0.25, 0.3) is 20.7 Å². The molecule has 0 atom stereocenters. The molecule has 0 aliphatic heterocycles. The third-order valence-corrected chi connectivity index (χ3v) is 5.35. The van der Waals surface area contributed by atoms with Gasteiger partial charge >= 0.3 is 0 Å². The summed E-state index contributed by atoms with van der Waals surface area (Å²) in [4.78, 5) is 11.1. The highest BCUT2D eigenvalue weighted by Gasteiger charge is 2.21. The average Bonchev–Trinajstić information content (AvgIpc) is 2.98. The van der Waals surface area contributed by atoms with Crippen molar-refractivity contribution in [2.45, 2.75) is 19.4 Å². The minimum absolute atomic E-state index is 0.447. The molecular formula is C15H15N3OS2. The fraction of sp³-hybridized carbons (Fsp3) is 0.333. The SMILES string of the molecule is Nc1nc(COCC2CC2)nc2scc(-c3cccs3)c12. The van der Waals surface area contributed by atoms with E-state index in [0.29, 0.717) is 18.2 Å². The van der Waals surface area contributed by atoms with Gasteiger partial charge in [0.25, 0.3) is 0 Å². The van der Waals surface area contributed by atoms with Gasteiger partial charge in [0.05, 0.1) is 5.39 Å². The standard InChI is InChI=1S/C15H15N3OS2/c16-14-13-10(11-2-1-5-20-11)8-21-15(13)18-12(17-14)7-19-6-9-3-4-9/h1-2,5,8-9H,3-4,6-7H2,(H2,16,17,18). The number of nitrogens with two attached hydrogens (primary N) is 1. The van der Waals surface area contributed by atoms with E-state index < -0.39 is 0 Å². The Balaban J connectivity index is 1.64. The summed E-state index contributed by atoms with van der Waals surface area (Å²) in [5.74, 6) is 1.98. The number of nitrogen functional groups attached to an aromatic ring is 1. The average molecular weight is 317 g/mol. The van der Waals surface area contributed by atoms with E-state index in [1.54, 1.807) is 22.7 Å². The molecule has 1 aliphatic rings.